The minimum atomic E-state index is 0.759. The Morgan fingerprint density at radius 3 is 2.44 bits per heavy atom. The number of hydrogen-bond donors (Lipinski definition) is 1. The summed E-state index contributed by atoms with van der Waals surface area (Å²) < 4.78 is 0. The highest BCUT2D eigenvalue weighted by Crippen LogP contribution is 2.31. The number of nitrogens with zero attached hydrogens (tertiary/aromatic N) is 1. The van der Waals surface area contributed by atoms with Gasteiger partial charge in [0, 0.05) is 18.1 Å². The van der Waals surface area contributed by atoms with Crippen molar-refractivity contribution in [2.75, 3.05) is 13.6 Å². The van der Waals surface area contributed by atoms with E-state index in [1.54, 1.807) is 0 Å². The Balaban J connectivity index is 1.85. The fourth-order valence-electron chi connectivity index (χ4n) is 3.92. The zero-order chi connectivity index (χ0) is 13.0. The summed E-state index contributed by atoms with van der Waals surface area (Å²) in [6.07, 6.45) is 11.2. The molecule has 0 heterocycles. The second kappa shape index (κ2) is 6.91. The third-order valence-electron chi connectivity index (χ3n) is 5.22. The van der Waals surface area contributed by atoms with Gasteiger partial charge in [-0.2, -0.15) is 0 Å². The van der Waals surface area contributed by atoms with Gasteiger partial charge in [0.05, 0.1) is 0 Å². The van der Waals surface area contributed by atoms with Crippen molar-refractivity contribution in [1.82, 2.24) is 10.2 Å². The molecule has 2 aliphatic rings. The molecule has 0 saturated heterocycles. The van der Waals surface area contributed by atoms with E-state index in [0.29, 0.717) is 0 Å². The second-order valence-electron chi connectivity index (χ2n) is 6.64. The molecule has 0 bridgehead atoms. The van der Waals surface area contributed by atoms with E-state index in [4.69, 9.17) is 0 Å². The molecule has 2 heteroatoms. The SMILES string of the molecule is CCCNC1CCCC1N(C)C1CCC(C)CC1. The zero-order valence-electron chi connectivity index (χ0n) is 12.6. The Labute approximate surface area is 114 Å². The second-order valence-corrected chi connectivity index (χ2v) is 6.64. The molecule has 0 aromatic rings. The first-order valence-corrected chi connectivity index (χ1v) is 8.17. The lowest BCUT2D eigenvalue weighted by atomic mass is 9.86. The Morgan fingerprint density at radius 1 is 1.06 bits per heavy atom. The molecule has 18 heavy (non-hydrogen) atoms. The number of hydrogen-bond acceptors (Lipinski definition) is 2. The van der Waals surface area contributed by atoms with Gasteiger partial charge in [-0.05, 0) is 64.5 Å². The molecule has 2 rings (SSSR count). The quantitative estimate of drug-likeness (QED) is 0.806. The van der Waals surface area contributed by atoms with Gasteiger partial charge in [0.25, 0.3) is 0 Å². The van der Waals surface area contributed by atoms with Crippen LogP contribution in [0.2, 0.25) is 0 Å². The van der Waals surface area contributed by atoms with E-state index in [0.717, 1.165) is 24.0 Å². The molecule has 2 unspecified atom stereocenters. The molecule has 2 nitrogen and oxygen atoms in total. The highest BCUT2D eigenvalue weighted by molar-refractivity contribution is 4.92. The first kappa shape index (κ1) is 14.3. The summed E-state index contributed by atoms with van der Waals surface area (Å²) in [6.45, 7) is 5.87. The molecular formula is C16H32N2. The fourth-order valence-corrected chi connectivity index (χ4v) is 3.92. The van der Waals surface area contributed by atoms with Crippen LogP contribution in [0.1, 0.15) is 65.2 Å². The van der Waals surface area contributed by atoms with Gasteiger partial charge in [-0.1, -0.05) is 20.3 Å². The van der Waals surface area contributed by atoms with E-state index in [-0.39, 0.29) is 0 Å². The van der Waals surface area contributed by atoms with Gasteiger partial charge >= 0.3 is 0 Å². The van der Waals surface area contributed by atoms with Crippen LogP contribution in [0.4, 0.5) is 0 Å². The predicted molar refractivity (Wildman–Crippen MR) is 78.9 cm³/mol. The zero-order valence-corrected chi connectivity index (χ0v) is 12.6. The molecule has 0 spiro atoms. The molecule has 2 atom stereocenters. The molecule has 1 N–H and O–H groups in total. The van der Waals surface area contributed by atoms with Gasteiger partial charge in [-0.15, -0.1) is 0 Å². The van der Waals surface area contributed by atoms with E-state index in [9.17, 15) is 0 Å². The van der Waals surface area contributed by atoms with Crippen molar-refractivity contribution >= 4 is 0 Å². The van der Waals surface area contributed by atoms with Crippen LogP contribution in [0.5, 0.6) is 0 Å². The van der Waals surface area contributed by atoms with Gasteiger partial charge in [0.15, 0.2) is 0 Å². The van der Waals surface area contributed by atoms with E-state index >= 15 is 0 Å². The summed E-state index contributed by atoms with van der Waals surface area (Å²) in [5.74, 6) is 0.965. The normalized spacial score (nSPS) is 37.3. The van der Waals surface area contributed by atoms with Crippen molar-refractivity contribution in [2.45, 2.75) is 83.3 Å². The first-order chi connectivity index (χ1) is 8.72. The molecule has 2 saturated carbocycles. The fraction of sp³-hybridized carbons (Fsp3) is 1.00. The average Bonchev–Trinajstić information content (AvgIpc) is 2.84. The van der Waals surface area contributed by atoms with Crippen LogP contribution in [-0.4, -0.2) is 36.6 Å². The molecule has 0 radical (unpaired) electrons. The van der Waals surface area contributed by atoms with Gasteiger partial charge in [-0.3, -0.25) is 4.90 Å². The lowest BCUT2D eigenvalue weighted by molar-refractivity contribution is 0.110. The van der Waals surface area contributed by atoms with Crippen molar-refractivity contribution < 1.29 is 0 Å². The minimum Gasteiger partial charge on any atom is -0.312 e. The van der Waals surface area contributed by atoms with Crippen molar-refractivity contribution in [3.8, 4) is 0 Å². The molecule has 2 fully saturated rings. The standard InChI is InChI=1S/C16H32N2/c1-4-12-17-15-6-5-7-16(15)18(3)14-10-8-13(2)9-11-14/h13-17H,4-12H2,1-3H3. The monoisotopic (exact) mass is 252 g/mol. The molecule has 2 aliphatic carbocycles. The average molecular weight is 252 g/mol. The highest BCUT2D eigenvalue weighted by Gasteiger charge is 2.34. The smallest absolute Gasteiger partial charge is 0.0249 e. The Morgan fingerprint density at radius 2 is 1.78 bits per heavy atom. The van der Waals surface area contributed by atoms with Gasteiger partial charge in [0.2, 0.25) is 0 Å². The molecule has 0 aromatic heterocycles. The Bertz CT molecular complexity index is 233. The number of rotatable bonds is 5. The summed E-state index contributed by atoms with van der Waals surface area (Å²) in [4.78, 5) is 2.73. The van der Waals surface area contributed by atoms with Crippen molar-refractivity contribution in [3.63, 3.8) is 0 Å². The maximum absolute atomic E-state index is 3.77. The summed E-state index contributed by atoms with van der Waals surface area (Å²) in [7, 11) is 2.39. The van der Waals surface area contributed by atoms with Crippen molar-refractivity contribution in [2.24, 2.45) is 5.92 Å². The van der Waals surface area contributed by atoms with Crippen LogP contribution in [0.3, 0.4) is 0 Å². The predicted octanol–water partition coefficient (Wildman–Crippen LogP) is 3.42. The molecule has 0 aliphatic heterocycles. The van der Waals surface area contributed by atoms with Crippen LogP contribution in [0.15, 0.2) is 0 Å². The third-order valence-corrected chi connectivity index (χ3v) is 5.22. The van der Waals surface area contributed by atoms with Crippen LogP contribution in [-0.2, 0) is 0 Å². The molecule has 106 valence electrons. The largest absolute Gasteiger partial charge is 0.312 e. The Kier molecular flexibility index (Phi) is 5.50. The lowest BCUT2D eigenvalue weighted by Gasteiger charge is -2.39. The van der Waals surface area contributed by atoms with Crippen LogP contribution in [0, 0.1) is 5.92 Å². The van der Waals surface area contributed by atoms with E-state index in [2.05, 4.69) is 31.1 Å². The summed E-state index contributed by atoms with van der Waals surface area (Å²) in [5, 5.41) is 3.77. The maximum Gasteiger partial charge on any atom is 0.0249 e. The first-order valence-electron chi connectivity index (χ1n) is 8.17. The van der Waals surface area contributed by atoms with Crippen LogP contribution >= 0.6 is 0 Å². The summed E-state index contributed by atoms with van der Waals surface area (Å²) >= 11 is 0. The molecule has 0 aromatic carbocycles. The summed E-state index contributed by atoms with van der Waals surface area (Å²) in [5.41, 5.74) is 0. The van der Waals surface area contributed by atoms with Gasteiger partial charge in [0.1, 0.15) is 0 Å². The third kappa shape index (κ3) is 3.48. The molecular weight excluding hydrogens is 220 g/mol. The van der Waals surface area contributed by atoms with E-state index < -0.39 is 0 Å². The molecule has 0 amide bonds. The van der Waals surface area contributed by atoms with Crippen LogP contribution < -0.4 is 5.32 Å². The lowest BCUT2D eigenvalue weighted by Crippen LogP contribution is -2.50. The van der Waals surface area contributed by atoms with Crippen molar-refractivity contribution in [3.05, 3.63) is 0 Å². The maximum atomic E-state index is 3.77. The van der Waals surface area contributed by atoms with Gasteiger partial charge < -0.3 is 5.32 Å². The topological polar surface area (TPSA) is 15.3 Å². The number of nitrogens with one attached hydrogen (secondary N) is 1. The van der Waals surface area contributed by atoms with Crippen molar-refractivity contribution in [1.29, 1.82) is 0 Å². The highest BCUT2D eigenvalue weighted by atomic mass is 15.2. The van der Waals surface area contributed by atoms with Gasteiger partial charge in [-0.25, -0.2) is 0 Å². The van der Waals surface area contributed by atoms with Crippen LogP contribution in [0.25, 0.3) is 0 Å². The van der Waals surface area contributed by atoms with E-state index in [1.807, 2.05) is 0 Å². The minimum absolute atomic E-state index is 0.759. The Hall–Kier alpha value is -0.0800. The van der Waals surface area contributed by atoms with E-state index in [1.165, 1.54) is 57.9 Å². The summed E-state index contributed by atoms with van der Waals surface area (Å²) in [6, 6.07) is 2.42. The number of likely N-dealkylation sites (N-methyl/N-ethyl adjacent to an activating group) is 1.